The largest absolute Gasteiger partial charge is 0.480 e. The van der Waals surface area contributed by atoms with Gasteiger partial charge in [0.05, 0.1) is 6.61 Å². The lowest BCUT2D eigenvalue weighted by Gasteiger charge is -2.09. The molecule has 88 valence electrons. The summed E-state index contributed by atoms with van der Waals surface area (Å²) in [7, 11) is 0. The molecule has 0 aromatic rings. The normalized spacial score (nSPS) is 14.3. The molecule has 15 heavy (non-hydrogen) atoms. The first-order valence-corrected chi connectivity index (χ1v) is 4.40. The van der Waals surface area contributed by atoms with Crippen LogP contribution in [0.5, 0.6) is 0 Å². The van der Waals surface area contributed by atoms with Crippen LogP contribution >= 0.6 is 0 Å². The van der Waals surface area contributed by atoms with Crippen LogP contribution in [0.4, 0.5) is 0 Å². The summed E-state index contributed by atoms with van der Waals surface area (Å²) in [5, 5.41) is 25.6. The average molecular weight is 221 g/mol. The molecule has 0 heterocycles. The Labute approximate surface area is 86.5 Å². The van der Waals surface area contributed by atoms with E-state index in [-0.39, 0.29) is 19.4 Å². The topological polar surface area (TPSA) is 130 Å². The van der Waals surface area contributed by atoms with E-state index < -0.39 is 30.7 Å². The molecule has 0 aliphatic carbocycles. The Morgan fingerprint density at radius 2 is 2.00 bits per heavy atom. The summed E-state index contributed by atoms with van der Waals surface area (Å²) in [6, 6.07) is -1.10. The van der Waals surface area contributed by atoms with Gasteiger partial charge >= 0.3 is 11.9 Å². The van der Waals surface area contributed by atoms with Crippen molar-refractivity contribution < 1.29 is 29.6 Å². The number of carboxylic acids is 1. The lowest BCUT2D eigenvalue weighted by Crippen LogP contribution is -2.31. The van der Waals surface area contributed by atoms with Crippen LogP contribution in [0.25, 0.3) is 0 Å². The third-order valence-electron chi connectivity index (χ3n) is 1.62. The molecule has 0 radical (unpaired) electrons. The maximum atomic E-state index is 10.9. The first-order chi connectivity index (χ1) is 6.97. The zero-order valence-corrected chi connectivity index (χ0v) is 8.13. The maximum Gasteiger partial charge on any atom is 0.320 e. The lowest BCUT2D eigenvalue weighted by atomic mass is 10.2. The van der Waals surface area contributed by atoms with Gasteiger partial charge in [-0.25, -0.2) is 0 Å². The first-order valence-electron chi connectivity index (χ1n) is 4.40. The van der Waals surface area contributed by atoms with Crippen LogP contribution in [-0.4, -0.2) is 52.6 Å². The number of aliphatic hydroxyl groups excluding tert-OH is 2. The Morgan fingerprint density at radius 3 is 2.47 bits per heavy atom. The minimum absolute atomic E-state index is 0.0244. The van der Waals surface area contributed by atoms with Crippen molar-refractivity contribution in [3.8, 4) is 0 Å². The van der Waals surface area contributed by atoms with Gasteiger partial charge in [-0.1, -0.05) is 0 Å². The van der Waals surface area contributed by atoms with Crippen LogP contribution in [0.15, 0.2) is 0 Å². The Kier molecular flexibility index (Phi) is 6.59. The van der Waals surface area contributed by atoms with E-state index in [0.29, 0.717) is 0 Å². The molecule has 0 aromatic carbocycles. The molecule has 7 nitrogen and oxygen atoms in total. The highest BCUT2D eigenvalue weighted by Gasteiger charge is 2.14. The lowest BCUT2D eigenvalue weighted by molar-refractivity contribution is -0.147. The number of nitrogens with two attached hydrogens (primary N) is 1. The Hall–Kier alpha value is -1.18. The SMILES string of the molecule is N[C@@H](CCC(=O)OCC(O)CO)C(=O)O. The van der Waals surface area contributed by atoms with E-state index in [9.17, 15) is 9.59 Å². The van der Waals surface area contributed by atoms with E-state index in [1.807, 2.05) is 0 Å². The van der Waals surface area contributed by atoms with Crippen molar-refractivity contribution in [2.75, 3.05) is 13.2 Å². The second kappa shape index (κ2) is 7.16. The molecule has 0 bridgehead atoms. The minimum atomic E-state index is -1.18. The first kappa shape index (κ1) is 13.8. The molecule has 0 saturated heterocycles. The molecular weight excluding hydrogens is 206 g/mol. The van der Waals surface area contributed by atoms with Crippen LogP contribution in [0.1, 0.15) is 12.8 Å². The summed E-state index contributed by atoms with van der Waals surface area (Å²) in [6.07, 6.45) is -1.27. The molecule has 0 fully saturated rings. The summed E-state index contributed by atoms with van der Waals surface area (Å²) in [5.41, 5.74) is 5.15. The third-order valence-corrected chi connectivity index (χ3v) is 1.62. The van der Waals surface area contributed by atoms with Gasteiger partial charge in [0.1, 0.15) is 18.8 Å². The van der Waals surface area contributed by atoms with E-state index in [2.05, 4.69) is 4.74 Å². The number of hydrogen-bond donors (Lipinski definition) is 4. The molecule has 0 saturated carbocycles. The number of rotatable bonds is 7. The second-order valence-electron chi connectivity index (χ2n) is 3.00. The zero-order chi connectivity index (χ0) is 11.8. The molecule has 5 N–H and O–H groups in total. The second-order valence-corrected chi connectivity index (χ2v) is 3.00. The molecular formula is C8H15NO6. The molecule has 2 atom stereocenters. The fraction of sp³-hybridized carbons (Fsp3) is 0.750. The summed E-state index contributed by atoms with van der Waals surface area (Å²) in [6.45, 7) is -0.806. The van der Waals surface area contributed by atoms with Crippen LogP contribution in [0, 0.1) is 0 Å². The van der Waals surface area contributed by atoms with Gasteiger partial charge in [-0.3, -0.25) is 9.59 Å². The molecule has 0 aliphatic rings. The van der Waals surface area contributed by atoms with Crippen molar-refractivity contribution in [1.29, 1.82) is 0 Å². The fourth-order valence-corrected chi connectivity index (χ4v) is 0.711. The number of carbonyl (C=O) groups is 2. The molecule has 1 unspecified atom stereocenters. The predicted octanol–water partition coefficient (Wildman–Crippen LogP) is -1.93. The van der Waals surface area contributed by atoms with E-state index in [4.69, 9.17) is 21.1 Å². The van der Waals surface area contributed by atoms with Gasteiger partial charge in [0.2, 0.25) is 0 Å². The van der Waals surface area contributed by atoms with Gasteiger partial charge in [-0.15, -0.1) is 0 Å². The number of carboxylic acid groups (broad SMARTS) is 1. The van der Waals surface area contributed by atoms with E-state index in [0.717, 1.165) is 0 Å². The van der Waals surface area contributed by atoms with Crippen molar-refractivity contribution in [3.05, 3.63) is 0 Å². The Bertz CT molecular complexity index is 219. The monoisotopic (exact) mass is 221 g/mol. The minimum Gasteiger partial charge on any atom is -0.480 e. The van der Waals surface area contributed by atoms with Gasteiger partial charge in [0.25, 0.3) is 0 Å². The summed E-state index contributed by atoms with van der Waals surface area (Å²) < 4.78 is 4.53. The Morgan fingerprint density at radius 1 is 1.40 bits per heavy atom. The highest BCUT2D eigenvalue weighted by Crippen LogP contribution is 1.98. The fourth-order valence-electron chi connectivity index (χ4n) is 0.711. The highest BCUT2D eigenvalue weighted by atomic mass is 16.5. The van der Waals surface area contributed by atoms with Crippen LogP contribution < -0.4 is 5.73 Å². The van der Waals surface area contributed by atoms with Gasteiger partial charge in [-0.05, 0) is 6.42 Å². The molecule has 0 aliphatic heterocycles. The number of carbonyl (C=O) groups excluding carboxylic acids is 1. The van der Waals surface area contributed by atoms with Crippen molar-refractivity contribution in [2.24, 2.45) is 5.73 Å². The predicted molar refractivity (Wildman–Crippen MR) is 48.9 cm³/mol. The molecule has 7 heteroatoms. The molecule has 0 spiro atoms. The number of hydrogen-bond acceptors (Lipinski definition) is 6. The van der Waals surface area contributed by atoms with Crippen LogP contribution in [-0.2, 0) is 14.3 Å². The van der Waals surface area contributed by atoms with Gasteiger partial charge < -0.3 is 25.8 Å². The van der Waals surface area contributed by atoms with Crippen LogP contribution in [0.2, 0.25) is 0 Å². The Balaban J connectivity index is 3.62. The van der Waals surface area contributed by atoms with E-state index >= 15 is 0 Å². The highest BCUT2D eigenvalue weighted by molar-refractivity contribution is 5.75. The smallest absolute Gasteiger partial charge is 0.320 e. The number of aliphatic carboxylic acids is 1. The summed E-state index contributed by atoms with van der Waals surface area (Å²) in [4.78, 5) is 21.2. The number of aliphatic hydroxyl groups is 2. The number of ether oxygens (including phenoxy) is 1. The van der Waals surface area contributed by atoms with E-state index in [1.54, 1.807) is 0 Å². The zero-order valence-electron chi connectivity index (χ0n) is 8.13. The maximum absolute atomic E-state index is 10.9. The van der Waals surface area contributed by atoms with Crippen molar-refractivity contribution in [1.82, 2.24) is 0 Å². The molecule has 0 amide bonds. The van der Waals surface area contributed by atoms with Crippen molar-refractivity contribution in [3.63, 3.8) is 0 Å². The van der Waals surface area contributed by atoms with Gasteiger partial charge in [0, 0.05) is 6.42 Å². The third kappa shape index (κ3) is 6.83. The standard InChI is InChI=1S/C8H15NO6/c9-6(8(13)14)1-2-7(12)15-4-5(11)3-10/h5-6,10-11H,1-4,9H2,(H,13,14)/t5?,6-/m0/s1. The quantitative estimate of drug-likeness (QED) is 0.368. The number of esters is 1. The van der Waals surface area contributed by atoms with Gasteiger partial charge in [-0.2, -0.15) is 0 Å². The van der Waals surface area contributed by atoms with Crippen LogP contribution in [0.3, 0.4) is 0 Å². The summed E-state index contributed by atoms with van der Waals surface area (Å²) in [5.74, 6) is -1.84. The van der Waals surface area contributed by atoms with E-state index in [1.165, 1.54) is 0 Å². The van der Waals surface area contributed by atoms with Gasteiger partial charge in [0.15, 0.2) is 0 Å². The van der Waals surface area contributed by atoms with Crippen molar-refractivity contribution in [2.45, 2.75) is 25.0 Å². The average Bonchev–Trinajstić information content (AvgIpc) is 2.21. The molecule has 0 aromatic heterocycles. The molecule has 0 rings (SSSR count). The van der Waals surface area contributed by atoms with Crippen molar-refractivity contribution >= 4 is 11.9 Å². The summed E-state index contributed by atoms with van der Waals surface area (Å²) >= 11 is 0.